The first-order chi connectivity index (χ1) is 10.7. The summed E-state index contributed by atoms with van der Waals surface area (Å²) < 4.78 is 1.25. The molecule has 0 N–H and O–H groups in total. The van der Waals surface area contributed by atoms with Gasteiger partial charge in [-0.25, -0.2) is 0 Å². The lowest BCUT2D eigenvalue weighted by molar-refractivity contribution is -0.136. The SMILES string of the molecule is CC[C@@H](C(=O)N1CCCCC1)n1nnc2ccccc2c1=O. The number of carbonyl (C=O) groups is 1. The van der Waals surface area contributed by atoms with Gasteiger partial charge in [0.15, 0.2) is 0 Å². The van der Waals surface area contributed by atoms with Crippen LogP contribution in [-0.4, -0.2) is 38.9 Å². The third-order valence-corrected chi connectivity index (χ3v) is 4.23. The molecular formula is C16H20N4O2. The molecule has 6 nitrogen and oxygen atoms in total. The molecule has 1 aliphatic rings. The maximum atomic E-state index is 12.7. The van der Waals surface area contributed by atoms with Gasteiger partial charge in [0.05, 0.1) is 5.39 Å². The number of hydrogen-bond donors (Lipinski definition) is 0. The van der Waals surface area contributed by atoms with Gasteiger partial charge in [-0.1, -0.05) is 24.3 Å². The minimum atomic E-state index is -0.567. The zero-order chi connectivity index (χ0) is 15.5. The second kappa shape index (κ2) is 6.25. The lowest BCUT2D eigenvalue weighted by Crippen LogP contribution is -2.43. The number of nitrogens with zero attached hydrogens (tertiary/aromatic N) is 4. The van der Waals surface area contributed by atoms with Crippen LogP contribution in [0, 0.1) is 0 Å². The summed E-state index contributed by atoms with van der Waals surface area (Å²) in [7, 11) is 0. The third kappa shape index (κ3) is 2.61. The Kier molecular flexibility index (Phi) is 4.18. The first kappa shape index (κ1) is 14.7. The van der Waals surface area contributed by atoms with Gasteiger partial charge in [-0.2, -0.15) is 4.68 Å². The quantitative estimate of drug-likeness (QED) is 0.866. The summed E-state index contributed by atoms with van der Waals surface area (Å²) in [4.78, 5) is 27.2. The first-order valence-corrected chi connectivity index (χ1v) is 7.85. The fourth-order valence-electron chi connectivity index (χ4n) is 2.98. The van der Waals surface area contributed by atoms with E-state index in [0.29, 0.717) is 17.3 Å². The van der Waals surface area contributed by atoms with Gasteiger partial charge < -0.3 is 4.90 Å². The van der Waals surface area contributed by atoms with Crippen molar-refractivity contribution in [3.8, 4) is 0 Å². The van der Waals surface area contributed by atoms with Crippen molar-refractivity contribution in [2.75, 3.05) is 13.1 Å². The highest BCUT2D eigenvalue weighted by molar-refractivity contribution is 5.81. The molecule has 2 heterocycles. The van der Waals surface area contributed by atoms with Gasteiger partial charge in [0, 0.05) is 13.1 Å². The van der Waals surface area contributed by atoms with E-state index in [2.05, 4.69) is 10.3 Å². The average molecular weight is 300 g/mol. The monoisotopic (exact) mass is 300 g/mol. The average Bonchev–Trinajstić information content (AvgIpc) is 2.58. The molecule has 2 aromatic rings. The second-order valence-corrected chi connectivity index (χ2v) is 5.67. The zero-order valence-electron chi connectivity index (χ0n) is 12.7. The number of amides is 1. The largest absolute Gasteiger partial charge is 0.341 e. The van der Waals surface area contributed by atoms with Crippen LogP contribution in [0.2, 0.25) is 0 Å². The molecule has 6 heteroatoms. The van der Waals surface area contributed by atoms with E-state index < -0.39 is 6.04 Å². The number of rotatable bonds is 3. The summed E-state index contributed by atoms with van der Waals surface area (Å²) in [6.45, 7) is 3.44. The van der Waals surface area contributed by atoms with Crippen molar-refractivity contribution < 1.29 is 4.79 Å². The van der Waals surface area contributed by atoms with E-state index in [9.17, 15) is 9.59 Å². The van der Waals surface area contributed by atoms with E-state index in [0.717, 1.165) is 32.4 Å². The predicted octanol–water partition coefficient (Wildman–Crippen LogP) is 1.76. The van der Waals surface area contributed by atoms with Gasteiger partial charge >= 0.3 is 0 Å². The van der Waals surface area contributed by atoms with Crippen molar-refractivity contribution >= 4 is 16.8 Å². The molecule has 1 fully saturated rings. The van der Waals surface area contributed by atoms with Crippen molar-refractivity contribution in [1.82, 2.24) is 19.9 Å². The van der Waals surface area contributed by atoms with E-state index >= 15 is 0 Å². The van der Waals surface area contributed by atoms with Gasteiger partial charge in [0.2, 0.25) is 5.91 Å². The smallest absolute Gasteiger partial charge is 0.278 e. The van der Waals surface area contributed by atoms with E-state index in [4.69, 9.17) is 0 Å². The van der Waals surface area contributed by atoms with Gasteiger partial charge in [-0.15, -0.1) is 5.10 Å². The Morgan fingerprint density at radius 2 is 1.95 bits per heavy atom. The molecule has 0 radical (unpaired) electrons. The third-order valence-electron chi connectivity index (χ3n) is 4.23. The van der Waals surface area contributed by atoms with Gasteiger partial charge in [-0.05, 0) is 37.8 Å². The Balaban J connectivity index is 1.98. The van der Waals surface area contributed by atoms with Crippen molar-refractivity contribution in [2.24, 2.45) is 0 Å². The lowest BCUT2D eigenvalue weighted by atomic mass is 10.1. The van der Waals surface area contributed by atoms with E-state index in [1.165, 1.54) is 4.68 Å². The molecule has 1 saturated heterocycles. The maximum Gasteiger partial charge on any atom is 0.278 e. The molecule has 0 spiro atoms. The Labute approximate surface area is 128 Å². The van der Waals surface area contributed by atoms with E-state index in [1.807, 2.05) is 17.9 Å². The Morgan fingerprint density at radius 1 is 1.23 bits per heavy atom. The molecule has 1 aromatic carbocycles. The summed E-state index contributed by atoms with van der Waals surface area (Å²) in [5, 5.41) is 8.58. The van der Waals surface area contributed by atoms with Crippen LogP contribution in [0.3, 0.4) is 0 Å². The van der Waals surface area contributed by atoms with Gasteiger partial charge in [0.25, 0.3) is 5.56 Å². The lowest BCUT2D eigenvalue weighted by Gasteiger charge is -2.30. The van der Waals surface area contributed by atoms with Crippen molar-refractivity contribution in [3.63, 3.8) is 0 Å². The number of aromatic nitrogens is 3. The van der Waals surface area contributed by atoms with Crippen molar-refractivity contribution in [2.45, 2.75) is 38.6 Å². The summed E-state index contributed by atoms with van der Waals surface area (Å²) in [5.74, 6) is -0.0196. The molecule has 0 bridgehead atoms. The van der Waals surface area contributed by atoms with Gasteiger partial charge in [-0.3, -0.25) is 9.59 Å². The van der Waals surface area contributed by atoms with Crippen LogP contribution >= 0.6 is 0 Å². The number of benzene rings is 1. The Hall–Kier alpha value is -2.24. The van der Waals surface area contributed by atoms with Gasteiger partial charge in [0.1, 0.15) is 11.6 Å². The fraction of sp³-hybridized carbons (Fsp3) is 0.500. The highest BCUT2D eigenvalue weighted by Crippen LogP contribution is 2.17. The number of hydrogen-bond acceptors (Lipinski definition) is 4. The van der Waals surface area contributed by atoms with E-state index in [1.54, 1.807) is 18.2 Å². The Morgan fingerprint density at radius 3 is 2.68 bits per heavy atom. The molecule has 22 heavy (non-hydrogen) atoms. The molecule has 3 rings (SSSR count). The number of fused-ring (bicyclic) bond motifs is 1. The summed E-state index contributed by atoms with van der Waals surface area (Å²) >= 11 is 0. The van der Waals surface area contributed by atoms with Crippen LogP contribution in [0.1, 0.15) is 38.6 Å². The normalized spacial score (nSPS) is 16.7. The topological polar surface area (TPSA) is 68.1 Å². The molecule has 0 saturated carbocycles. The summed E-state index contributed by atoms with van der Waals surface area (Å²) in [6.07, 6.45) is 3.75. The minimum Gasteiger partial charge on any atom is -0.341 e. The summed E-state index contributed by atoms with van der Waals surface area (Å²) in [6, 6.07) is 6.52. The molecule has 1 aliphatic heterocycles. The maximum absolute atomic E-state index is 12.7. The van der Waals surface area contributed by atoms with Crippen molar-refractivity contribution in [1.29, 1.82) is 0 Å². The van der Waals surface area contributed by atoms with Crippen LogP contribution < -0.4 is 5.56 Å². The summed E-state index contributed by atoms with van der Waals surface area (Å²) in [5.41, 5.74) is 0.312. The number of carbonyl (C=O) groups excluding carboxylic acids is 1. The fourth-order valence-corrected chi connectivity index (χ4v) is 2.98. The number of likely N-dealkylation sites (tertiary alicyclic amines) is 1. The number of piperidine rings is 1. The highest BCUT2D eigenvalue weighted by Gasteiger charge is 2.27. The van der Waals surface area contributed by atoms with Crippen molar-refractivity contribution in [3.05, 3.63) is 34.6 Å². The van der Waals surface area contributed by atoms with Crippen LogP contribution in [0.25, 0.3) is 10.9 Å². The molecule has 0 unspecified atom stereocenters. The molecule has 116 valence electrons. The van der Waals surface area contributed by atoms with Crippen LogP contribution in [0.5, 0.6) is 0 Å². The highest BCUT2D eigenvalue weighted by atomic mass is 16.2. The van der Waals surface area contributed by atoms with Crippen LogP contribution in [0.15, 0.2) is 29.1 Å². The zero-order valence-corrected chi connectivity index (χ0v) is 12.7. The van der Waals surface area contributed by atoms with Crippen LogP contribution in [0.4, 0.5) is 0 Å². The first-order valence-electron chi connectivity index (χ1n) is 7.85. The second-order valence-electron chi connectivity index (χ2n) is 5.67. The molecule has 1 atom stereocenters. The minimum absolute atomic E-state index is 0.0196. The molecular weight excluding hydrogens is 280 g/mol. The Bertz CT molecular complexity index is 734. The molecule has 1 amide bonds. The predicted molar refractivity (Wildman–Crippen MR) is 83.6 cm³/mol. The standard InChI is InChI=1S/C16H20N4O2/c1-2-14(16(22)19-10-6-3-7-11-19)20-15(21)12-8-4-5-9-13(12)17-18-20/h4-5,8-9,14H,2-3,6-7,10-11H2,1H3/t14-/m0/s1. The van der Waals surface area contributed by atoms with E-state index in [-0.39, 0.29) is 11.5 Å². The molecule has 1 aromatic heterocycles. The molecule has 0 aliphatic carbocycles. The van der Waals surface area contributed by atoms with Crippen LogP contribution in [-0.2, 0) is 4.79 Å².